The third kappa shape index (κ3) is 4.20. The lowest BCUT2D eigenvalue weighted by Crippen LogP contribution is -2.26. The monoisotopic (exact) mass is 403 g/mol. The number of nitrogens with zero attached hydrogens (tertiary/aromatic N) is 1. The van der Waals surface area contributed by atoms with E-state index >= 15 is 0 Å². The Morgan fingerprint density at radius 3 is 2.34 bits per heavy atom. The van der Waals surface area contributed by atoms with E-state index in [1.165, 1.54) is 5.56 Å². The summed E-state index contributed by atoms with van der Waals surface area (Å²) in [5.74, 6) is 0.143. The van der Waals surface area contributed by atoms with Crippen molar-refractivity contribution >= 4 is 29.3 Å². The molecule has 0 spiro atoms. The molecule has 0 saturated heterocycles. The minimum atomic E-state index is -0.247. The molecule has 1 amide bonds. The highest BCUT2D eigenvalue weighted by atomic mass is 32.2. The summed E-state index contributed by atoms with van der Waals surface area (Å²) in [6, 6.07) is 22.5. The number of rotatable bonds is 4. The van der Waals surface area contributed by atoms with E-state index in [4.69, 9.17) is 4.74 Å². The molecular weight excluding hydrogens is 382 g/mol. The molecule has 0 N–H and O–H groups in total. The van der Waals surface area contributed by atoms with Gasteiger partial charge < -0.3 is 9.64 Å². The molecule has 3 aromatic carbocycles. The number of esters is 1. The number of aryl methyl sites for hydroxylation is 1. The maximum atomic E-state index is 12.6. The van der Waals surface area contributed by atoms with E-state index in [2.05, 4.69) is 0 Å². The van der Waals surface area contributed by atoms with Crippen molar-refractivity contribution in [3.8, 4) is 5.75 Å². The first-order chi connectivity index (χ1) is 14.0. The molecule has 3 aromatic rings. The van der Waals surface area contributed by atoms with Crippen LogP contribution in [0.3, 0.4) is 0 Å². The molecule has 1 atom stereocenters. The van der Waals surface area contributed by atoms with Crippen LogP contribution in [0.4, 0.5) is 5.69 Å². The van der Waals surface area contributed by atoms with Crippen LogP contribution in [0.1, 0.15) is 21.5 Å². The lowest BCUT2D eigenvalue weighted by atomic mass is 10.1. The van der Waals surface area contributed by atoms with E-state index in [0.717, 1.165) is 16.1 Å². The van der Waals surface area contributed by atoms with Gasteiger partial charge in [0.05, 0.1) is 0 Å². The molecule has 0 bridgehead atoms. The zero-order valence-electron chi connectivity index (χ0n) is 16.3. The van der Waals surface area contributed by atoms with Gasteiger partial charge in [-0.1, -0.05) is 35.9 Å². The largest absolute Gasteiger partial charge is 0.426 e. The van der Waals surface area contributed by atoms with Crippen LogP contribution in [0.5, 0.6) is 5.75 Å². The van der Waals surface area contributed by atoms with Gasteiger partial charge in [-0.05, 0) is 61.4 Å². The van der Waals surface area contributed by atoms with Crippen molar-refractivity contribution in [2.24, 2.45) is 0 Å². The molecule has 0 aromatic heterocycles. The van der Waals surface area contributed by atoms with E-state index in [-0.39, 0.29) is 17.1 Å². The second kappa shape index (κ2) is 8.13. The Labute approximate surface area is 174 Å². The standard InChI is InChI=1S/C24H21NO3S/c1-16-7-9-17(10-8-16)23(26)25(2)19-11-13-20(14-12-19)28-24(27)22-15-18-5-3-4-6-21(18)29-22/h3-14,22H,15H2,1-2H3. The van der Waals surface area contributed by atoms with Gasteiger partial charge in [0.25, 0.3) is 5.91 Å². The molecule has 0 fully saturated rings. The summed E-state index contributed by atoms with van der Waals surface area (Å²) < 4.78 is 5.56. The zero-order valence-corrected chi connectivity index (χ0v) is 17.1. The number of fused-ring (bicyclic) bond motifs is 1. The summed E-state index contributed by atoms with van der Waals surface area (Å²) in [5.41, 5.74) is 3.66. The van der Waals surface area contributed by atoms with E-state index in [1.807, 2.05) is 55.5 Å². The molecule has 1 heterocycles. The smallest absolute Gasteiger partial charge is 0.325 e. The first-order valence-corrected chi connectivity index (χ1v) is 10.3. The molecule has 5 heteroatoms. The van der Waals surface area contributed by atoms with Crippen molar-refractivity contribution < 1.29 is 14.3 Å². The molecule has 0 aliphatic carbocycles. The van der Waals surface area contributed by atoms with Crippen molar-refractivity contribution in [1.29, 1.82) is 0 Å². The van der Waals surface area contributed by atoms with Gasteiger partial charge in [-0.3, -0.25) is 9.59 Å². The van der Waals surface area contributed by atoms with Gasteiger partial charge in [-0.25, -0.2) is 0 Å². The summed E-state index contributed by atoms with van der Waals surface area (Å²) in [7, 11) is 1.73. The number of hydrogen-bond acceptors (Lipinski definition) is 4. The quantitative estimate of drug-likeness (QED) is 0.459. The average molecular weight is 404 g/mol. The number of hydrogen-bond donors (Lipinski definition) is 0. The van der Waals surface area contributed by atoms with Gasteiger partial charge >= 0.3 is 5.97 Å². The number of thioether (sulfide) groups is 1. The summed E-state index contributed by atoms with van der Waals surface area (Å²) in [6.07, 6.45) is 0.686. The van der Waals surface area contributed by atoms with E-state index in [9.17, 15) is 9.59 Å². The third-order valence-electron chi connectivity index (χ3n) is 4.96. The molecule has 146 valence electrons. The van der Waals surface area contributed by atoms with Crippen LogP contribution in [-0.2, 0) is 11.2 Å². The first-order valence-electron chi connectivity index (χ1n) is 9.42. The molecule has 1 aliphatic heterocycles. The van der Waals surface area contributed by atoms with Crippen molar-refractivity contribution in [2.45, 2.75) is 23.5 Å². The minimum Gasteiger partial charge on any atom is -0.426 e. The van der Waals surface area contributed by atoms with Crippen LogP contribution in [0.15, 0.2) is 77.7 Å². The van der Waals surface area contributed by atoms with Crippen molar-refractivity contribution in [2.75, 3.05) is 11.9 Å². The van der Waals surface area contributed by atoms with Crippen molar-refractivity contribution in [3.05, 3.63) is 89.5 Å². The fourth-order valence-electron chi connectivity index (χ4n) is 3.24. The van der Waals surface area contributed by atoms with Crippen molar-refractivity contribution in [3.63, 3.8) is 0 Å². The zero-order chi connectivity index (χ0) is 20.4. The first kappa shape index (κ1) is 19.3. The number of benzene rings is 3. The Morgan fingerprint density at radius 2 is 1.66 bits per heavy atom. The van der Waals surface area contributed by atoms with Crippen molar-refractivity contribution in [1.82, 2.24) is 0 Å². The normalized spacial score (nSPS) is 14.9. The summed E-state index contributed by atoms with van der Waals surface area (Å²) in [5, 5.41) is -0.224. The summed E-state index contributed by atoms with van der Waals surface area (Å²) >= 11 is 1.55. The number of amides is 1. The van der Waals surface area contributed by atoms with E-state index < -0.39 is 0 Å². The maximum Gasteiger partial charge on any atom is 0.325 e. The second-order valence-electron chi connectivity index (χ2n) is 7.06. The van der Waals surface area contributed by atoms with Gasteiger partial charge in [0.2, 0.25) is 0 Å². The number of ether oxygens (including phenoxy) is 1. The highest BCUT2D eigenvalue weighted by Crippen LogP contribution is 2.37. The van der Waals surface area contributed by atoms with Crippen LogP contribution >= 0.6 is 11.8 Å². The Morgan fingerprint density at radius 1 is 0.966 bits per heavy atom. The predicted octanol–water partition coefficient (Wildman–Crippen LogP) is 4.89. The Balaban J connectivity index is 1.39. The molecule has 4 rings (SSSR count). The Hall–Kier alpha value is -3.05. The van der Waals surface area contributed by atoms with Crippen LogP contribution < -0.4 is 9.64 Å². The van der Waals surface area contributed by atoms with Gasteiger partial charge in [0.1, 0.15) is 11.0 Å². The molecule has 29 heavy (non-hydrogen) atoms. The van der Waals surface area contributed by atoms with Gasteiger partial charge in [0.15, 0.2) is 0 Å². The van der Waals surface area contributed by atoms with E-state index in [0.29, 0.717) is 17.7 Å². The molecular formula is C24H21NO3S. The topological polar surface area (TPSA) is 46.6 Å². The molecule has 1 unspecified atom stereocenters. The molecule has 4 nitrogen and oxygen atoms in total. The average Bonchev–Trinajstić information content (AvgIpc) is 3.18. The van der Waals surface area contributed by atoms with E-state index in [1.54, 1.807) is 48.0 Å². The maximum absolute atomic E-state index is 12.6. The predicted molar refractivity (Wildman–Crippen MR) is 116 cm³/mol. The van der Waals surface area contributed by atoms with Gasteiger partial charge in [0, 0.05) is 23.2 Å². The Bertz CT molecular complexity index is 1020. The number of carbonyl (C=O) groups excluding carboxylic acids is 2. The molecule has 0 saturated carbocycles. The highest BCUT2D eigenvalue weighted by molar-refractivity contribution is 8.01. The lowest BCUT2D eigenvalue weighted by molar-refractivity contribution is -0.133. The van der Waals surface area contributed by atoms with Gasteiger partial charge in [-0.2, -0.15) is 0 Å². The van der Waals surface area contributed by atoms with Crippen LogP contribution in [0, 0.1) is 6.92 Å². The Kier molecular flexibility index (Phi) is 5.41. The molecule has 1 aliphatic rings. The van der Waals surface area contributed by atoms with Crippen LogP contribution in [-0.4, -0.2) is 24.2 Å². The van der Waals surface area contributed by atoms with Crippen LogP contribution in [0.25, 0.3) is 0 Å². The SMILES string of the molecule is Cc1ccc(C(=O)N(C)c2ccc(OC(=O)C3Cc4ccccc4S3)cc2)cc1. The van der Waals surface area contributed by atoms with Gasteiger partial charge in [-0.15, -0.1) is 11.8 Å². The summed E-state index contributed by atoms with van der Waals surface area (Å²) in [4.78, 5) is 27.9. The second-order valence-corrected chi connectivity index (χ2v) is 8.31. The highest BCUT2D eigenvalue weighted by Gasteiger charge is 2.29. The number of anilines is 1. The van der Waals surface area contributed by atoms with Crippen LogP contribution in [0.2, 0.25) is 0 Å². The fraction of sp³-hybridized carbons (Fsp3) is 0.167. The minimum absolute atomic E-state index is 0.0881. The molecule has 0 radical (unpaired) electrons. The number of carbonyl (C=O) groups is 2. The third-order valence-corrected chi connectivity index (χ3v) is 6.25. The fourth-order valence-corrected chi connectivity index (χ4v) is 4.41. The summed E-state index contributed by atoms with van der Waals surface area (Å²) in [6.45, 7) is 1.99. The lowest BCUT2D eigenvalue weighted by Gasteiger charge is -2.18.